The summed E-state index contributed by atoms with van der Waals surface area (Å²) in [5.41, 5.74) is -1.84. The Morgan fingerprint density at radius 2 is 1.71 bits per heavy atom. The number of rotatable bonds is 4. The smallest absolute Gasteiger partial charge is 0.439 e. The minimum absolute atomic E-state index is 0.155. The number of carbonyl (C=O) groups excluding carboxylic acids is 1. The number of ether oxygens (including phenoxy) is 1. The molecule has 170 valence electrons. The first-order valence-electron chi connectivity index (χ1n) is 11.2. The van der Waals surface area contributed by atoms with Crippen molar-refractivity contribution in [2.45, 2.75) is 82.0 Å². The first-order chi connectivity index (χ1) is 14.8. The fraction of sp³-hybridized carbons (Fsp3) is 0.652. The van der Waals surface area contributed by atoms with E-state index in [0.717, 1.165) is 19.3 Å². The van der Waals surface area contributed by atoms with Crippen LogP contribution in [0, 0.1) is 5.92 Å². The summed E-state index contributed by atoms with van der Waals surface area (Å²) >= 11 is 0. The van der Waals surface area contributed by atoms with Gasteiger partial charge in [-0.2, -0.15) is 23.3 Å². The highest BCUT2D eigenvalue weighted by atomic mass is 19.4. The lowest BCUT2D eigenvalue weighted by Gasteiger charge is -2.37. The van der Waals surface area contributed by atoms with Crippen molar-refractivity contribution in [3.05, 3.63) is 29.8 Å². The van der Waals surface area contributed by atoms with Crippen molar-refractivity contribution in [2.75, 3.05) is 6.61 Å². The predicted molar refractivity (Wildman–Crippen MR) is 110 cm³/mol. The number of fused-ring (bicyclic) bond motifs is 1. The molecule has 0 saturated heterocycles. The maximum absolute atomic E-state index is 13.9. The summed E-state index contributed by atoms with van der Waals surface area (Å²) in [6, 6.07) is 7.39. The number of hydrazone groups is 1. The van der Waals surface area contributed by atoms with E-state index in [2.05, 4.69) is 5.10 Å². The van der Waals surface area contributed by atoms with Gasteiger partial charge in [0.1, 0.15) is 5.75 Å². The van der Waals surface area contributed by atoms with Crippen molar-refractivity contribution in [3.8, 4) is 5.75 Å². The number of carbonyl (C=O) groups is 1. The standard InChI is InChI=1S/C23H29F3N2O3/c24-23(25,26)22(30)19-9-5-2-6-10-20(19)27-28(22)21(29)15-31-18-13-11-17(12-14-18)16-7-3-1-4-8-16/h11-14,16,19,30H,1-10,15H2/t19-,22-/m0/s1. The molecule has 2 fully saturated rings. The van der Waals surface area contributed by atoms with Crippen LogP contribution < -0.4 is 4.74 Å². The SMILES string of the molecule is O=C(COc1ccc(C2CCCCC2)cc1)N1N=C2CCCCC[C@@H]2[C@]1(O)C(F)(F)F. The normalized spacial score (nSPS) is 27.4. The number of amides is 1. The summed E-state index contributed by atoms with van der Waals surface area (Å²) < 4.78 is 47.1. The molecule has 2 atom stereocenters. The Balaban J connectivity index is 1.44. The summed E-state index contributed by atoms with van der Waals surface area (Å²) in [6.45, 7) is -0.620. The molecular formula is C23H29F3N2O3. The van der Waals surface area contributed by atoms with E-state index in [1.165, 1.54) is 24.8 Å². The van der Waals surface area contributed by atoms with Gasteiger partial charge in [-0.15, -0.1) is 0 Å². The number of hydrogen-bond donors (Lipinski definition) is 1. The van der Waals surface area contributed by atoms with Crippen molar-refractivity contribution in [1.29, 1.82) is 0 Å². The molecule has 1 N–H and O–H groups in total. The van der Waals surface area contributed by atoms with Gasteiger partial charge in [-0.1, -0.05) is 44.2 Å². The Morgan fingerprint density at radius 1 is 1.06 bits per heavy atom. The maximum Gasteiger partial charge on any atom is 0.439 e. The molecule has 8 heteroatoms. The van der Waals surface area contributed by atoms with Gasteiger partial charge in [-0.3, -0.25) is 4.79 Å². The molecule has 1 amide bonds. The van der Waals surface area contributed by atoms with Crippen molar-refractivity contribution in [2.24, 2.45) is 11.0 Å². The highest BCUT2D eigenvalue weighted by Gasteiger charge is 2.68. The number of halogens is 3. The largest absolute Gasteiger partial charge is 0.484 e. The summed E-state index contributed by atoms with van der Waals surface area (Å²) in [7, 11) is 0. The van der Waals surface area contributed by atoms with E-state index in [9.17, 15) is 23.1 Å². The number of benzene rings is 1. The molecule has 1 aliphatic heterocycles. The fourth-order valence-electron chi connectivity index (χ4n) is 5.12. The average Bonchev–Trinajstić information content (AvgIpc) is 2.91. The molecule has 4 rings (SSSR count). The van der Waals surface area contributed by atoms with E-state index >= 15 is 0 Å². The van der Waals surface area contributed by atoms with Gasteiger partial charge >= 0.3 is 6.18 Å². The van der Waals surface area contributed by atoms with Gasteiger partial charge in [-0.25, -0.2) is 0 Å². The molecule has 0 spiro atoms. The second-order valence-corrected chi connectivity index (χ2v) is 8.87. The van der Waals surface area contributed by atoms with E-state index in [-0.39, 0.29) is 17.1 Å². The second-order valence-electron chi connectivity index (χ2n) is 8.87. The molecule has 2 saturated carbocycles. The van der Waals surface area contributed by atoms with Crippen LogP contribution in [-0.2, 0) is 4.79 Å². The first-order valence-corrected chi connectivity index (χ1v) is 11.2. The van der Waals surface area contributed by atoms with Crippen molar-refractivity contribution in [1.82, 2.24) is 5.01 Å². The first kappa shape index (κ1) is 22.1. The van der Waals surface area contributed by atoms with Crippen LogP contribution in [0.2, 0.25) is 0 Å². The lowest BCUT2D eigenvalue weighted by molar-refractivity contribution is -0.317. The Labute approximate surface area is 180 Å². The predicted octanol–water partition coefficient (Wildman–Crippen LogP) is 5.14. The van der Waals surface area contributed by atoms with Crippen LogP contribution >= 0.6 is 0 Å². The summed E-state index contributed by atoms with van der Waals surface area (Å²) in [4.78, 5) is 12.7. The molecule has 1 heterocycles. The van der Waals surface area contributed by atoms with Gasteiger partial charge < -0.3 is 9.84 Å². The quantitative estimate of drug-likeness (QED) is 0.708. The van der Waals surface area contributed by atoms with Crippen LogP contribution in [0.4, 0.5) is 13.2 Å². The molecule has 2 aliphatic carbocycles. The Hall–Kier alpha value is -2.09. The molecule has 1 aromatic rings. The Kier molecular flexibility index (Phi) is 6.28. The number of nitrogens with zero attached hydrogens (tertiary/aromatic N) is 2. The monoisotopic (exact) mass is 438 g/mol. The molecule has 0 bridgehead atoms. The van der Waals surface area contributed by atoms with E-state index < -0.39 is 30.3 Å². The number of alkyl halides is 3. The number of aliphatic hydroxyl groups is 1. The van der Waals surface area contributed by atoms with Crippen LogP contribution in [0.15, 0.2) is 29.4 Å². The molecule has 0 radical (unpaired) electrons. The van der Waals surface area contributed by atoms with E-state index in [4.69, 9.17) is 4.74 Å². The van der Waals surface area contributed by atoms with Gasteiger partial charge in [0, 0.05) is 5.71 Å². The third kappa shape index (κ3) is 4.31. The zero-order valence-electron chi connectivity index (χ0n) is 17.5. The van der Waals surface area contributed by atoms with Gasteiger partial charge in [0.25, 0.3) is 11.6 Å². The van der Waals surface area contributed by atoms with Gasteiger partial charge in [0.2, 0.25) is 0 Å². The minimum Gasteiger partial charge on any atom is -0.484 e. The minimum atomic E-state index is -5.01. The van der Waals surface area contributed by atoms with E-state index in [0.29, 0.717) is 30.9 Å². The fourth-order valence-corrected chi connectivity index (χ4v) is 5.12. The van der Waals surface area contributed by atoms with Crippen molar-refractivity contribution in [3.63, 3.8) is 0 Å². The highest BCUT2D eigenvalue weighted by Crippen LogP contribution is 2.47. The zero-order chi connectivity index (χ0) is 22.1. The molecule has 5 nitrogen and oxygen atoms in total. The van der Waals surface area contributed by atoms with E-state index in [1.807, 2.05) is 12.1 Å². The van der Waals surface area contributed by atoms with Crippen molar-refractivity contribution < 1.29 is 27.8 Å². The van der Waals surface area contributed by atoms with E-state index in [1.54, 1.807) is 12.1 Å². The van der Waals surface area contributed by atoms with Crippen LogP contribution in [0.5, 0.6) is 5.75 Å². The third-order valence-corrected chi connectivity index (χ3v) is 6.84. The lowest BCUT2D eigenvalue weighted by Crippen LogP contribution is -2.61. The van der Waals surface area contributed by atoms with Gasteiger partial charge in [0.15, 0.2) is 6.61 Å². The Morgan fingerprint density at radius 3 is 2.39 bits per heavy atom. The second kappa shape index (κ2) is 8.81. The van der Waals surface area contributed by atoms with Crippen molar-refractivity contribution >= 4 is 11.6 Å². The molecule has 0 unspecified atom stereocenters. The third-order valence-electron chi connectivity index (χ3n) is 6.84. The zero-order valence-corrected chi connectivity index (χ0v) is 17.5. The number of hydrogen-bond acceptors (Lipinski definition) is 4. The highest BCUT2D eigenvalue weighted by molar-refractivity contribution is 5.93. The Bertz CT molecular complexity index is 818. The van der Waals surface area contributed by atoms with Crippen LogP contribution in [-0.4, -0.2) is 40.2 Å². The summed E-state index contributed by atoms with van der Waals surface area (Å²) in [5.74, 6) is -1.28. The summed E-state index contributed by atoms with van der Waals surface area (Å²) in [6.07, 6.45) is 3.59. The van der Waals surface area contributed by atoms with Crippen LogP contribution in [0.1, 0.15) is 75.7 Å². The van der Waals surface area contributed by atoms with Gasteiger partial charge in [-0.05, 0) is 55.7 Å². The lowest BCUT2D eigenvalue weighted by atomic mass is 9.84. The molecule has 3 aliphatic rings. The molecule has 1 aromatic carbocycles. The van der Waals surface area contributed by atoms with Gasteiger partial charge in [0.05, 0.1) is 5.92 Å². The van der Waals surface area contributed by atoms with Crippen LogP contribution in [0.25, 0.3) is 0 Å². The topological polar surface area (TPSA) is 62.1 Å². The molecule has 31 heavy (non-hydrogen) atoms. The van der Waals surface area contributed by atoms with Crippen LogP contribution in [0.3, 0.4) is 0 Å². The molecule has 0 aromatic heterocycles. The molecular weight excluding hydrogens is 409 g/mol. The average molecular weight is 438 g/mol. The maximum atomic E-state index is 13.9. The summed E-state index contributed by atoms with van der Waals surface area (Å²) in [5, 5.41) is 14.8.